The predicted octanol–water partition coefficient (Wildman–Crippen LogP) is 3.85. The largest absolute Gasteiger partial charge is 0.494 e. The third-order valence-electron chi connectivity index (χ3n) is 5.92. The zero-order chi connectivity index (χ0) is 25.7. The van der Waals surface area contributed by atoms with Crippen LogP contribution < -0.4 is 10.1 Å². The Kier molecular flexibility index (Phi) is 7.55. The zero-order valence-corrected chi connectivity index (χ0v) is 21.1. The Balaban J connectivity index is 1.72. The van der Waals surface area contributed by atoms with E-state index >= 15 is 0 Å². The Hall–Kier alpha value is -3.90. The van der Waals surface area contributed by atoms with Crippen LogP contribution in [0.25, 0.3) is 23.0 Å². The summed E-state index contributed by atoms with van der Waals surface area (Å²) < 4.78 is 31.0. The van der Waals surface area contributed by atoms with Crippen LogP contribution in [0.3, 0.4) is 0 Å². The van der Waals surface area contributed by atoms with E-state index in [-0.39, 0.29) is 17.1 Å². The van der Waals surface area contributed by atoms with E-state index in [9.17, 15) is 18.5 Å². The maximum Gasteiger partial charge on any atom is 0.262 e. The van der Waals surface area contributed by atoms with Gasteiger partial charge in [-0.25, -0.2) is 13.1 Å². The molecule has 2 aromatic carbocycles. The number of amides is 1. The van der Waals surface area contributed by atoms with E-state index in [2.05, 4.69) is 5.32 Å². The molecule has 0 saturated carbocycles. The van der Waals surface area contributed by atoms with Crippen molar-refractivity contribution in [3.05, 3.63) is 71.4 Å². The zero-order valence-electron chi connectivity index (χ0n) is 20.3. The molecular weight excluding hydrogens is 476 g/mol. The first-order valence-electron chi connectivity index (χ1n) is 11.8. The van der Waals surface area contributed by atoms with Crippen LogP contribution in [0.2, 0.25) is 0 Å². The number of hydrogen-bond acceptors (Lipinski definition) is 6. The molecule has 8 nitrogen and oxygen atoms in total. The standard InChI is InChI=1S/C27H28N4O4S/c1-3-12-35-24-9-10-25(19(2)14-24)26-21(17-31(30-26)23-7-5-4-6-8-23)15-20(16-28)27(32)29-22-11-13-36(33,34)18-22/h4-10,14-15,17,22H,3,11-13,18H2,1-2H3,(H,29,32)/b20-15+. The number of rotatable bonds is 8. The number of hydrogen-bond donors (Lipinski definition) is 1. The van der Waals surface area contributed by atoms with Crippen molar-refractivity contribution in [2.75, 3.05) is 18.1 Å². The van der Waals surface area contributed by atoms with Gasteiger partial charge < -0.3 is 10.1 Å². The average molecular weight is 505 g/mol. The summed E-state index contributed by atoms with van der Waals surface area (Å²) in [5, 5.41) is 17.2. The van der Waals surface area contributed by atoms with Crippen LogP contribution in [-0.2, 0) is 14.6 Å². The molecule has 1 fully saturated rings. The second-order valence-corrected chi connectivity index (χ2v) is 11.0. The topological polar surface area (TPSA) is 114 Å². The highest BCUT2D eigenvalue weighted by atomic mass is 32.2. The molecule has 1 saturated heterocycles. The smallest absolute Gasteiger partial charge is 0.262 e. The van der Waals surface area contributed by atoms with E-state index in [4.69, 9.17) is 9.84 Å². The molecule has 1 N–H and O–H groups in total. The minimum atomic E-state index is -3.16. The van der Waals surface area contributed by atoms with Gasteiger partial charge in [-0.05, 0) is 61.7 Å². The Labute approximate surface area is 211 Å². The third-order valence-corrected chi connectivity index (χ3v) is 7.69. The van der Waals surface area contributed by atoms with Crippen LogP contribution in [0.4, 0.5) is 0 Å². The summed E-state index contributed by atoms with van der Waals surface area (Å²) in [4.78, 5) is 12.8. The first-order valence-corrected chi connectivity index (χ1v) is 13.6. The first kappa shape index (κ1) is 25.2. The fraction of sp³-hybridized carbons (Fsp3) is 0.296. The fourth-order valence-corrected chi connectivity index (χ4v) is 5.78. The van der Waals surface area contributed by atoms with Crippen molar-refractivity contribution < 1.29 is 17.9 Å². The highest BCUT2D eigenvalue weighted by Gasteiger charge is 2.29. The summed E-state index contributed by atoms with van der Waals surface area (Å²) in [6.45, 7) is 4.63. The quantitative estimate of drug-likeness (QED) is 0.368. The van der Waals surface area contributed by atoms with Crippen molar-refractivity contribution in [3.8, 4) is 28.8 Å². The highest BCUT2D eigenvalue weighted by molar-refractivity contribution is 7.91. The number of nitrogens with zero attached hydrogens (tertiary/aromatic N) is 3. The third kappa shape index (κ3) is 5.83. The van der Waals surface area contributed by atoms with Gasteiger partial charge in [0.15, 0.2) is 9.84 Å². The molecule has 0 bridgehead atoms. The lowest BCUT2D eigenvalue weighted by Crippen LogP contribution is -2.36. The summed E-state index contributed by atoms with van der Waals surface area (Å²) in [6.07, 6.45) is 4.52. The molecule has 36 heavy (non-hydrogen) atoms. The predicted molar refractivity (Wildman–Crippen MR) is 138 cm³/mol. The van der Waals surface area contributed by atoms with E-state index in [0.29, 0.717) is 24.3 Å². The highest BCUT2D eigenvalue weighted by Crippen LogP contribution is 2.31. The number of benzene rings is 2. The van der Waals surface area contributed by atoms with Crippen molar-refractivity contribution >= 4 is 21.8 Å². The maximum absolute atomic E-state index is 12.8. The van der Waals surface area contributed by atoms with Gasteiger partial charge in [0.2, 0.25) is 0 Å². The van der Waals surface area contributed by atoms with E-state index in [1.165, 1.54) is 6.08 Å². The lowest BCUT2D eigenvalue weighted by Gasteiger charge is -2.10. The van der Waals surface area contributed by atoms with Crippen LogP contribution in [0, 0.1) is 18.3 Å². The van der Waals surface area contributed by atoms with Gasteiger partial charge in [0.1, 0.15) is 23.1 Å². The lowest BCUT2D eigenvalue weighted by atomic mass is 10.0. The number of aryl methyl sites for hydroxylation is 1. The summed E-state index contributed by atoms with van der Waals surface area (Å²) in [5.41, 5.74) is 3.71. The van der Waals surface area contributed by atoms with Gasteiger partial charge in [-0.3, -0.25) is 4.79 Å². The molecule has 1 unspecified atom stereocenters. The summed E-state index contributed by atoms with van der Waals surface area (Å²) in [6, 6.07) is 16.8. The Morgan fingerprint density at radius 1 is 1.28 bits per heavy atom. The van der Waals surface area contributed by atoms with Crippen molar-refractivity contribution in [2.45, 2.75) is 32.7 Å². The van der Waals surface area contributed by atoms with Gasteiger partial charge in [0, 0.05) is 23.4 Å². The minimum Gasteiger partial charge on any atom is -0.494 e. The van der Waals surface area contributed by atoms with E-state index in [1.54, 1.807) is 10.9 Å². The van der Waals surface area contributed by atoms with Gasteiger partial charge in [-0.2, -0.15) is 10.4 Å². The molecule has 2 heterocycles. The molecule has 0 aliphatic carbocycles. The molecule has 0 radical (unpaired) electrons. The van der Waals surface area contributed by atoms with Crippen molar-refractivity contribution in [1.82, 2.24) is 15.1 Å². The minimum absolute atomic E-state index is 0.0365. The van der Waals surface area contributed by atoms with E-state index in [0.717, 1.165) is 29.0 Å². The second kappa shape index (κ2) is 10.8. The van der Waals surface area contributed by atoms with Crippen LogP contribution >= 0.6 is 0 Å². The van der Waals surface area contributed by atoms with Gasteiger partial charge in [-0.15, -0.1) is 0 Å². The molecule has 1 atom stereocenters. The van der Waals surface area contributed by atoms with E-state index < -0.39 is 21.8 Å². The molecule has 9 heteroatoms. The summed E-state index contributed by atoms with van der Waals surface area (Å²) >= 11 is 0. The van der Waals surface area contributed by atoms with Crippen LogP contribution in [0.1, 0.15) is 30.9 Å². The molecule has 1 aliphatic heterocycles. The molecule has 4 rings (SSSR count). The van der Waals surface area contributed by atoms with E-state index in [1.807, 2.05) is 68.4 Å². The maximum atomic E-state index is 12.8. The number of carbonyl (C=O) groups excluding carboxylic acids is 1. The first-order chi connectivity index (χ1) is 17.3. The molecule has 0 spiro atoms. The Bertz CT molecular complexity index is 1440. The van der Waals surface area contributed by atoms with Gasteiger partial charge >= 0.3 is 0 Å². The van der Waals surface area contributed by atoms with Gasteiger partial charge in [0.05, 0.1) is 23.8 Å². The number of nitriles is 1. The number of aromatic nitrogens is 2. The average Bonchev–Trinajstić information content (AvgIpc) is 3.44. The van der Waals surface area contributed by atoms with Crippen LogP contribution in [-0.4, -0.2) is 48.3 Å². The van der Waals surface area contributed by atoms with Crippen molar-refractivity contribution in [2.24, 2.45) is 0 Å². The fourth-order valence-electron chi connectivity index (χ4n) is 4.10. The monoisotopic (exact) mass is 504 g/mol. The van der Waals surface area contributed by atoms with Gasteiger partial charge in [0.25, 0.3) is 5.91 Å². The number of sulfone groups is 1. The number of carbonyl (C=O) groups is 1. The van der Waals surface area contributed by atoms with Gasteiger partial charge in [-0.1, -0.05) is 25.1 Å². The molecule has 1 amide bonds. The SMILES string of the molecule is CCCOc1ccc(-c2nn(-c3ccccc3)cc2/C=C(\C#N)C(=O)NC2CCS(=O)(=O)C2)c(C)c1. The number of ether oxygens (including phenoxy) is 1. The van der Waals surface area contributed by atoms with Crippen molar-refractivity contribution in [3.63, 3.8) is 0 Å². The molecule has 1 aromatic heterocycles. The van der Waals surface area contributed by atoms with Crippen LogP contribution in [0.5, 0.6) is 5.75 Å². The second-order valence-electron chi connectivity index (χ2n) is 8.78. The Morgan fingerprint density at radius 3 is 2.69 bits per heavy atom. The van der Waals surface area contributed by atoms with Crippen molar-refractivity contribution in [1.29, 1.82) is 5.26 Å². The summed E-state index contributed by atoms with van der Waals surface area (Å²) in [7, 11) is -3.16. The molecular formula is C27H28N4O4S. The number of para-hydroxylation sites is 1. The molecule has 186 valence electrons. The molecule has 3 aromatic rings. The lowest BCUT2D eigenvalue weighted by molar-refractivity contribution is -0.117. The number of nitrogens with one attached hydrogen (secondary N) is 1. The normalized spacial score (nSPS) is 16.9. The molecule has 1 aliphatic rings. The van der Waals surface area contributed by atoms with Crippen LogP contribution in [0.15, 0.2) is 60.3 Å². The summed E-state index contributed by atoms with van der Waals surface area (Å²) in [5.74, 6) is 0.0917. The Morgan fingerprint density at radius 2 is 2.06 bits per heavy atom.